The maximum atomic E-state index is 11.9. The van der Waals surface area contributed by atoms with E-state index in [0.717, 1.165) is 11.6 Å². The van der Waals surface area contributed by atoms with Crippen LogP contribution in [-0.4, -0.2) is 34.5 Å². The highest BCUT2D eigenvalue weighted by molar-refractivity contribution is 7.89. The standard InChI is InChI=1S/C16H18ClN3O5S/c1-18-26(23,24)13-5-6-14(15(9-13)20(21)22)19(2)10-11-8-12(17)4-7-16(11)25-3/h4-9,18H,10H2,1-3H3. The van der Waals surface area contributed by atoms with Gasteiger partial charge in [0.15, 0.2) is 0 Å². The van der Waals surface area contributed by atoms with Crippen LogP contribution in [0.5, 0.6) is 5.75 Å². The minimum atomic E-state index is -3.78. The van der Waals surface area contributed by atoms with Crippen molar-refractivity contribution in [2.75, 3.05) is 26.1 Å². The summed E-state index contributed by atoms with van der Waals surface area (Å²) in [6.07, 6.45) is 0. The molecule has 1 N–H and O–H groups in total. The first-order valence-electron chi connectivity index (χ1n) is 7.45. The van der Waals surface area contributed by atoms with E-state index in [1.807, 2.05) is 0 Å². The van der Waals surface area contributed by atoms with Crippen molar-refractivity contribution in [3.05, 3.63) is 57.1 Å². The summed E-state index contributed by atoms with van der Waals surface area (Å²) in [6, 6.07) is 8.86. The van der Waals surface area contributed by atoms with Gasteiger partial charge in [0.1, 0.15) is 11.4 Å². The first-order valence-corrected chi connectivity index (χ1v) is 9.31. The first kappa shape index (κ1) is 20.0. The van der Waals surface area contributed by atoms with Gasteiger partial charge in [-0.15, -0.1) is 0 Å². The minimum absolute atomic E-state index is 0.177. The van der Waals surface area contributed by atoms with Crippen molar-refractivity contribution >= 4 is 33.0 Å². The molecule has 0 aliphatic carbocycles. The van der Waals surface area contributed by atoms with Crippen LogP contribution in [0.1, 0.15) is 5.56 Å². The number of nitrogens with zero attached hydrogens (tertiary/aromatic N) is 2. The van der Waals surface area contributed by atoms with E-state index >= 15 is 0 Å². The highest BCUT2D eigenvalue weighted by atomic mass is 35.5. The summed E-state index contributed by atoms with van der Waals surface area (Å²) in [5.74, 6) is 0.596. The van der Waals surface area contributed by atoms with E-state index in [9.17, 15) is 18.5 Å². The van der Waals surface area contributed by atoms with Crippen LogP contribution < -0.4 is 14.4 Å². The molecule has 0 aliphatic heterocycles. The molecule has 2 aromatic rings. The van der Waals surface area contributed by atoms with E-state index in [4.69, 9.17) is 16.3 Å². The van der Waals surface area contributed by atoms with Crippen molar-refractivity contribution in [3.8, 4) is 5.75 Å². The number of rotatable bonds is 7. The molecule has 140 valence electrons. The Kier molecular flexibility index (Phi) is 6.06. The Morgan fingerprint density at radius 2 is 1.96 bits per heavy atom. The molecular weight excluding hydrogens is 382 g/mol. The second kappa shape index (κ2) is 7.90. The summed E-state index contributed by atoms with van der Waals surface area (Å²) in [5.41, 5.74) is 0.695. The molecule has 0 saturated heterocycles. The number of nitrogens with one attached hydrogen (secondary N) is 1. The van der Waals surface area contributed by atoms with Gasteiger partial charge in [-0.25, -0.2) is 13.1 Å². The summed E-state index contributed by atoms with van der Waals surface area (Å²) in [6.45, 7) is 0.280. The number of nitro groups is 1. The van der Waals surface area contributed by atoms with E-state index in [2.05, 4.69) is 4.72 Å². The Morgan fingerprint density at radius 3 is 2.54 bits per heavy atom. The second-order valence-electron chi connectivity index (χ2n) is 5.43. The summed E-state index contributed by atoms with van der Waals surface area (Å²) in [4.78, 5) is 12.3. The van der Waals surface area contributed by atoms with Gasteiger partial charge in [0, 0.05) is 30.2 Å². The molecular formula is C16H18ClN3O5S. The van der Waals surface area contributed by atoms with Crippen molar-refractivity contribution < 1.29 is 18.1 Å². The lowest BCUT2D eigenvalue weighted by Crippen LogP contribution is -2.21. The largest absolute Gasteiger partial charge is 0.496 e. The molecule has 0 amide bonds. The zero-order valence-electron chi connectivity index (χ0n) is 14.4. The summed E-state index contributed by atoms with van der Waals surface area (Å²) in [7, 11) is 0.642. The fourth-order valence-corrected chi connectivity index (χ4v) is 3.41. The molecule has 0 radical (unpaired) electrons. The Labute approximate surface area is 156 Å². The number of methoxy groups -OCH3 is 1. The third kappa shape index (κ3) is 4.24. The van der Waals surface area contributed by atoms with Crippen molar-refractivity contribution in [3.63, 3.8) is 0 Å². The number of nitro benzene ring substituents is 1. The molecule has 10 heteroatoms. The van der Waals surface area contributed by atoms with E-state index in [1.165, 1.54) is 26.3 Å². The van der Waals surface area contributed by atoms with Gasteiger partial charge in [0.05, 0.1) is 16.9 Å². The number of halogens is 1. The fourth-order valence-electron chi connectivity index (χ4n) is 2.47. The van der Waals surface area contributed by atoms with Crippen LogP contribution in [-0.2, 0) is 16.6 Å². The smallest absolute Gasteiger partial charge is 0.293 e. The van der Waals surface area contributed by atoms with Gasteiger partial charge in [-0.1, -0.05) is 11.6 Å². The average Bonchev–Trinajstić information content (AvgIpc) is 2.61. The lowest BCUT2D eigenvalue weighted by Gasteiger charge is -2.21. The fraction of sp³-hybridized carbons (Fsp3) is 0.250. The highest BCUT2D eigenvalue weighted by Crippen LogP contribution is 2.32. The molecule has 0 fully saturated rings. The Morgan fingerprint density at radius 1 is 1.27 bits per heavy atom. The molecule has 0 heterocycles. The molecule has 26 heavy (non-hydrogen) atoms. The van der Waals surface area contributed by atoms with Gasteiger partial charge in [0.2, 0.25) is 10.0 Å². The Balaban J connectivity index is 2.45. The van der Waals surface area contributed by atoms with Gasteiger partial charge in [0.25, 0.3) is 5.69 Å². The van der Waals surface area contributed by atoms with Crippen molar-refractivity contribution in [2.45, 2.75) is 11.4 Å². The van der Waals surface area contributed by atoms with Crippen molar-refractivity contribution in [1.82, 2.24) is 4.72 Å². The van der Waals surface area contributed by atoms with Gasteiger partial charge < -0.3 is 9.64 Å². The number of hydrogen-bond acceptors (Lipinski definition) is 6. The first-order chi connectivity index (χ1) is 12.2. The van der Waals surface area contributed by atoms with Crippen LogP contribution in [0.4, 0.5) is 11.4 Å². The zero-order valence-corrected chi connectivity index (χ0v) is 16.0. The average molecular weight is 400 g/mol. The van der Waals surface area contributed by atoms with E-state index in [-0.39, 0.29) is 22.8 Å². The van der Waals surface area contributed by atoms with Crippen molar-refractivity contribution in [2.24, 2.45) is 0 Å². The molecule has 2 rings (SSSR count). The van der Waals surface area contributed by atoms with Crippen LogP contribution >= 0.6 is 11.6 Å². The number of benzene rings is 2. The van der Waals surface area contributed by atoms with Gasteiger partial charge in [-0.3, -0.25) is 10.1 Å². The molecule has 0 saturated carbocycles. The van der Waals surface area contributed by atoms with Crippen LogP contribution in [0.25, 0.3) is 0 Å². The van der Waals surface area contributed by atoms with E-state index in [0.29, 0.717) is 10.8 Å². The van der Waals surface area contributed by atoms with Gasteiger partial charge in [-0.2, -0.15) is 0 Å². The van der Waals surface area contributed by atoms with E-state index < -0.39 is 14.9 Å². The Bertz CT molecular complexity index is 933. The molecule has 8 nitrogen and oxygen atoms in total. The lowest BCUT2D eigenvalue weighted by molar-refractivity contribution is -0.384. The summed E-state index contributed by atoms with van der Waals surface area (Å²) < 4.78 is 31.2. The van der Waals surface area contributed by atoms with Crippen LogP contribution in [0, 0.1) is 10.1 Å². The third-order valence-corrected chi connectivity index (χ3v) is 5.43. The second-order valence-corrected chi connectivity index (χ2v) is 7.75. The van der Waals surface area contributed by atoms with Crippen LogP contribution in [0.2, 0.25) is 5.02 Å². The lowest BCUT2D eigenvalue weighted by atomic mass is 10.1. The SMILES string of the molecule is CNS(=O)(=O)c1ccc(N(C)Cc2cc(Cl)ccc2OC)c([N+](=O)[O-])c1. The molecule has 0 bridgehead atoms. The molecule has 2 aromatic carbocycles. The zero-order chi connectivity index (χ0) is 19.5. The summed E-state index contributed by atoms with van der Waals surface area (Å²) >= 11 is 6.02. The highest BCUT2D eigenvalue weighted by Gasteiger charge is 2.23. The maximum Gasteiger partial charge on any atom is 0.293 e. The van der Waals surface area contributed by atoms with E-state index in [1.54, 1.807) is 30.1 Å². The van der Waals surface area contributed by atoms with Gasteiger partial charge in [-0.05, 0) is 37.4 Å². The predicted molar refractivity (Wildman–Crippen MR) is 99.5 cm³/mol. The van der Waals surface area contributed by atoms with Gasteiger partial charge >= 0.3 is 0 Å². The monoisotopic (exact) mass is 399 g/mol. The molecule has 0 aliphatic rings. The maximum absolute atomic E-state index is 11.9. The number of hydrogen-bond donors (Lipinski definition) is 1. The quantitative estimate of drug-likeness (QED) is 0.567. The predicted octanol–water partition coefficient (Wildman–Crippen LogP) is 2.80. The molecule has 0 atom stereocenters. The minimum Gasteiger partial charge on any atom is -0.496 e. The van der Waals surface area contributed by atoms with Crippen molar-refractivity contribution in [1.29, 1.82) is 0 Å². The molecule has 0 spiro atoms. The normalized spacial score (nSPS) is 11.2. The Hall–Kier alpha value is -2.36. The third-order valence-electron chi connectivity index (χ3n) is 3.78. The number of ether oxygens (including phenoxy) is 1. The molecule has 0 unspecified atom stereocenters. The van der Waals surface area contributed by atoms with Crippen LogP contribution in [0.3, 0.4) is 0 Å². The number of sulfonamides is 1. The number of anilines is 1. The topological polar surface area (TPSA) is 102 Å². The van der Waals surface area contributed by atoms with Crippen LogP contribution in [0.15, 0.2) is 41.3 Å². The molecule has 0 aromatic heterocycles. The summed E-state index contributed by atoms with van der Waals surface area (Å²) in [5, 5.41) is 12.0.